The third-order valence-electron chi connectivity index (χ3n) is 5.70. The first-order valence-electron chi connectivity index (χ1n) is 11.4. The lowest BCUT2D eigenvalue weighted by molar-refractivity contribution is -0.136. The van der Waals surface area contributed by atoms with Crippen LogP contribution in [0.4, 0.5) is 5.69 Å². The zero-order valence-corrected chi connectivity index (χ0v) is 20.6. The third-order valence-corrected chi connectivity index (χ3v) is 6.23. The predicted molar refractivity (Wildman–Crippen MR) is 133 cm³/mol. The fraction of sp³-hybridized carbons (Fsp3) is 0.400. The fourth-order valence-electron chi connectivity index (χ4n) is 3.68. The van der Waals surface area contributed by atoms with Gasteiger partial charge in [0.1, 0.15) is 0 Å². The van der Waals surface area contributed by atoms with Crippen molar-refractivity contribution in [1.29, 1.82) is 0 Å². The van der Waals surface area contributed by atoms with E-state index in [0.29, 0.717) is 37.4 Å². The summed E-state index contributed by atoms with van der Waals surface area (Å²) in [4.78, 5) is 40.9. The summed E-state index contributed by atoms with van der Waals surface area (Å²) >= 11 is 3.38. The first kappa shape index (κ1) is 24.9. The highest BCUT2D eigenvalue weighted by atomic mass is 79.9. The highest BCUT2D eigenvalue weighted by Crippen LogP contribution is 2.14. The molecule has 0 radical (unpaired) electrons. The van der Waals surface area contributed by atoms with E-state index >= 15 is 0 Å². The Balaban J connectivity index is 1.35. The van der Waals surface area contributed by atoms with Crippen molar-refractivity contribution in [1.82, 2.24) is 15.1 Å². The summed E-state index contributed by atoms with van der Waals surface area (Å²) in [6, 6.07) is 15.0. The zero-order chi connectivity index (χ0) is 23.6. The molecule has 33 heavy (non-hydrogen) atoms. The molecular weight excluding hydrogens is 484 g/mol. The van der Waals surface area contributed by atoms with Crippen molar-refractivity contribution in [3.05, 3.63) is 64.1 Å². The number of hydrogen-bond acceptors (Lipinski definition) is 4. The minimum atomic E-state index is -0.666. The Morgan fingerprint density at radius 1 is 0.909 bits per heavy atom. The molecule has 2 aromatic rings. The number of nitrogens with zero attached hydrogens (tertiary/aromatic N) is 2. The summed E-state index contributed by atoms with van der Waals surface area (Å²) in [5.41, 5.74) is 2.51. The van der Waals surface area contributed by atoms with Crippen LogP contribution in [0.1, 0.15) is 35.7 Å². The molecule has 1 saturated heterocycles. The Labute approximate surface area is 203 Å². The lowest BCUT2D eigenvalue weighted by Crippen LogP contribution is -2.50. The van der Waals surface area contributed by atoms with Crippen molar-refractivity contribution < 1.29 is 14.4 Å². The van der Waals surface area contributed by atoms with Crippen LogP contribution in [0.2, 0.25) is 0 Å². The second-order valence-electron chi connectivity index (χ2n) is 8.15. The van der Waals surface area contributed by atoms with Crippen LogP contribution in [0.3, 0.4) is 0 Å². The Bertz CT molecular complexity index is 939. The number of piperazine rings is 1. The Morgan fingerprint density at radius 3 is 2.21 bits per heavy atom. The SMILES string of the molecule is CCCCc1ccc(NC(=O)C(=O)NCCN2CCN(C(=O)c3ccc(Br)cc3)CC2)cc1. The van der Waals surface area contributed by atoms with Crippen LogP contribution in [0.5, 0.6) is 0 Å². The molecule has 2 N–H and O–H groups in total. The summed E-state index contributed by atoms with van der Waals surface area (Å²) in [5.74, 6) is -1.28. The van der Waals surface area contributed by atoms with E-state index in [1.54, 1.807) is 0 Å². The number of benzene rings is 2. The van der Waals surface area contributed by atoms with Crippen molar-refractivity contribution in [2.24, 2.45) is 0 Å². The van der Waals surface area contributed by atoms with Crippen LogP contribution in [0.15, 0.2) is 53.0 Å². The molecule has 0 atom stereocenters. The number of amides is 3. The molecule has 0 saturated carbocycles. The average molecular weight is 515 g/mol. The molecule has 8 heteroatoms. The fourth-order valence-corrected chi connectivity index (χ4v) is 3.95. The quantitative estimate of drug-likeness (QED) is 0.529. The average Bonchev–Trinajstić information content (AvgIpc) is 2.84. The molecule has 3 amide bonds. The molecule has 1 fully saturated rings. The summed E-state index contributed by atoms with van der Waals surface area (Å²) in [6.07, 6.45) is 3.28. The van der Waals surface area contributed by atoms with Crippen molar-refractivity contribution in [2.45, 2.75) is 26.2 Å². The van der Waals surface area contributed by atoms with Gasteiger partial charge < -0.3 is 15.5 Å². The Morgan fingerprint density at radius 2 is 1.58 bits per heavy atom. The van der Waals surface area contributed by atoms with Crippen molar-refractivity contribution in [2.75, 3.05) is 44.6 Å². The lowest BCUT2D eigenvalue weighted by Gasteiger charge is -2.34. The molecule has 3 rings (SSSR count). The van der Waals surface area contributed by atoms with Gasteiger partial charge in [-0.3, -0.25) is 19.3 Å². The van der Waals surface area contributed by atoms with Gasteiger partial charge in [0.05, 0.1) is 0 Å². The number of halogens is 1. The molecule has 0 spiro atoms. The molecule has 1 aliphatic heterocycles. The van der Waals surface area contributed by atoms with Gasteiger partial charge in [0.25, 0.3) is 5.91 Å². The maximum Gasteiger partial charge on any atom is 0.313 e. The summed E-state index contributed by atoms with van der Waals surface area (Å²) < 4.78 is 0.944. The molecule has 0 bridgehead atoms. The van der Waals surface area contributed by atoms with Crippen molar-refractivity contribution >= 4 is 39.3 Å². The van der Waals surface area contributed by atoms with Crippen LogP contribution in [-0.4, -0.2) is 66.8 Å². The van der Waals surface area contributed by atoms with E-state index in [9.17, 15) is 14.4 Å². The number of unbranched alkanes of at least 4 members (excludes halogenated alkanes) is 1. The molecule has 7 nitrogen and oxygen atoms in total. The van der Waals surface area contributed by atoms with Gasteiger partial charge in [-0.25, -0.2) is 0 Å². The number of nitrogens with one attached hydrogen (secondary N) is 2. The van der Waals surface area contributed by atoms with Gasteiger partial charge in [0, 0.05) is 55.0 Å². The Hall–Kier alpha value is -2.71. The highest BCUT2D eigenvalue weighted by molar-refractivity contribution is 9.10. The van der Waals surface area contributed by atoms with Gasteiger partial charge in [-0.15, -0.1) is 0 Å². The van der Waals surface area contributed by atoms with E-state index in [2.05, 4.69) is 38.4 Å². The van der Waals surface area contributed by atoms with Crippen LogP contribution < -0.4 is 10.6 Å². The van der Waals surface area contributed by atoms with Crippen LogP contribution in [0, 0.1) is 0 Å². The molecule has 2 aromatic carbocycles. The third kappa shape index (κ3) is 7.68. The normalized spacial score (nSPS) is 14.1. The van der Waals surface area contributed by atoms with Crippen molar-refractivity contribution in [3.8, 4) is 0 Å². The van der Waals surface area contributed by atoms with Gasteiger partial charge in [-0.1, -0.05) is 41.4 Å². The first-order chi connectivity index (χ1) is 16.0. The summed E-state index contributed by atoms with van der Waals surface area (Å²) in [6.45, 7) is 5.90. The minimum Gasteiger partial charge on any atom is -0.347 e. The molecular formula is C25H31BrN4O3. The molecule has 1 aliphatic rings. The Kier molecular flexibility index (Phi) is 9.45. The minimum absolute atomic E-state index is 0.0329. The second kappa shape index (κ2) is 12.5. The van der Waals surface area contributed by atoms with Crippen LogP contribution in [0.25, 0.3) is 0 Å². The topological polar surface area (TPSA) is 81.8 Å². The molecule has 0 aromatic heterocycles. The second-order valence-corrected chi connectivity index (χ2v) is 9.07. The smallest absolute Gasteiger partial charge is 0.313 e. The van der Waals surface area contributed by atoms with Crippen molar-refractivity contribution in [3.63, 3.8) is 0 Å². The van der Waals surface area contributed by atoms with E-state index in [1.807, 2.05) is 53.4 Å². The summed E-state index contributed by atoms with van der Waals surface area (Å²) in [5, 5.41) is 5.32. The van der Waals surface area contributed by atoms with Gasteiger partial charge in [-0.05, 0) is 54.8 Å². The number of carbonyl (C=O) groups is 3. The highest BCUT2D eigenvalue weighted by Gasteiger charge is 2.22. The molecule has 176 valence electrons. The monoisotopic (exact) mass is 514 g/mol. The maximum absolute atomic E-state index is 12.6. The van der Waals surface area contributed by atoms with Gasteiger partial charge in [0.15, 0.2) is 0 Å². The van der Waals surface area contributed by atoms with E-state index in [1.165, 1.54) is 5.56 Å². The largest absolute Gasteiger partial charge is 0.347 e. The lowest BCUT2D eigenvalue weighted by atomic mass is 10.1. The maximum atomic E-state index is 12.6. The molecule has 0 unspecified atom stereocenters. The predicted octanol–water partition coefficient (Wildman–Crippen LogP) is 3.30. The number of anilines is 1. The van der Waals surface area contributed by atoms with Gasteiger partial charge in [0.2, 0.25) is 0 Å². The number of carbonyl (C=O) groups excluding carboxylic acids is 3. The number of hydrogen-bond donors (Lipinski definition) is 2. The number of rotatable bonds is 8. The molecule has 1 heterocycles. The van der Waals surface area contributed by atoms with Crippen LogP contribution in [-0.2, 0) is 16.0 Å². The number of aryl methyl sites for hydroxylation is 1. The first-order valence-corrected chi connectivity index (χ1v) is 12.2. The van der Waals surface area contributed by atoms with Gasteiger partial charge >= 0.3 is 11.8 Å². The standard InChI is InChI=1S/C25H31BrN4O3/c1-2-3-4-19-5-11-22(12-6-19)28-24(32)23(31)27-13-14-29-15-17-30(18-16-29)25(33)20-7-9-21(26)10-8-20/h5-12H,2-4,13-18H2,1H3,(H,27,31)(H,28,32). The van der Waals surface area contributed by atoms with E-state index in [4.69, 9.17) is 0 Å². The molecule has 0 aliphatic carbocycles. The van der Waals surface area contributed by atoms with Gasteiger partial charge in [-0.2, -0.15) is 0 Å². The van der Waals surface area contributed by atoms with E-state index < -0.39 is 11.8 Å². The zero-order valence-electron chi connectivity index (χ0n) is 19.0. The van der Waals surface area contributed by atoms with E-state index in [-0.39, 0.29) is 5.91 Å². The summed E-state index contributed by atoms with van der Waals surface area (Å²) in [7, 11) is 0. The van der Waals surface area contributed by atoms with E-state index in [0.717, 1.165) is 36.8 Å². The van der Waals surface area contributed by atoms with Crippen LogP contribution >= 0.6 is 15.9 Å².